The predicted octanol–water partition coefficient (Wildman–Crippen LogP) is 1.55. The number of hydrogen-bond donors (Lipinski definition) is 1. The molecule has 0 spiro atoms. The molecule has 0 bridgehead atoms. The number of nitrogens with one attached hydrogen (secondary N) is 1. The van der Waals surface area contributed by atoms with Crippen molar-refractivity contribution in [1.29, 1.82) is 0 Å². The summed E-state index contributed by atoms with van der Waals surface area (Å²) in [5.41, 5.74) is 1.92. The normalized spacial score (nSPS) is 20.2. The lowest BCUT2D eigenvalue weighted by atomic mass is 9.97. The van der Waals surface area contributed by atoms with Crippen LogP contribution in [0.5, 0.6) is 0 Å². The van der Waals surface area contributed by atoms with E-state index in [1.807, 2.05) is 24.3 Å². The average molecular weight is 205 g/mol. The van der Waals surface area contributed by atoms with E-state index >= 15 is 0 Å². The predicted molar refractivity (Wildman–Crippen MR) is 58.0 cm³/mol. The minimum atomic E-state index is -0.272. The number of rotatable bonds is 2. The Morgan fingerprint density at radius 2 is 2.13 bits per heavy atom. The van der Waals surface area contributed by atoms with Gasteiger partial charge in [0.05, 0.1) is 12.7 Å². The molecule has 0 amide bonds. The zero-order chi connectivity index (χ0) is 10.7. The second-order valence-corrected chi connectivity index (χ2v) is 3.80. The molecule has 3 heteroatoms. The number of carbonyl (C=O) groups excluding carboxylic acids is 1. The van der Waals surface area contributed by atoms with Gasteiger partial charge in [-0.25, -0.2) is 4.79 Å². The molecule has 1 heterocycles. The summed E-state index contributed by atoms with van der Waals surface area (Å²) in [5.74, 6) is 0.322. The Morgan fingerprint density at radius 1 is 1.40 bits per heavy atom. The molecular weight excluding hydrogens is 190 g/mol. The van der Waals surface area contributed by atoms with Gasteiger partial charge in [-0.1, -0.05) is 12.1 Å². The Labute approximate surface area is 89.4 Å². The van der Waals surface area contributed by atoms with Crippen LogP contribution in [0.1, 0.15) is 28.3 Å². The van der Waals surface area contributed by atoms with Crippen LogP contribution in [0.3, 0.4) is 0 Å². The highest BCUT2D eigenvalue weighted by Crippen LogP contribution is 2.22. The van der Waals surface area contributed by atoms with Gasteiger partial charge in [-0.2, -0.15) is 0 Å². The van der Waals surface area contributed by atoms with Crippen molar-refractivity contribution in [3.8, 4) is 0 Å². The Kier molecular flexibility index (Phi) is 3.02. The molecule has 0 unspecified atom stereocenters. The molecule has 1 fully saturated rings. The van der Waals surface area contributed by atoms with Gasteiger partial charge in [-0.15, -0.1) is 0 Å². The molecule has 1 aromatic carbocycles. The second kappa shape index (κ2) is 4.45. The van der Waals surface area contributed by atoms with Crippen LogP contribution in [0.4, 0.5) is 0 Å². The Balaban J connectivity index is 2.12. The molecule has 0 aromatic heterocycles. The molecule has 3 nitrogen and oxygen atoms in total. The molecule has 15 heavy (non-hydrogen) atoms. The van der Waals surface area contributed by atoms with E-state index in [1.165, 1.54) is 19.1 Å². The van der Waals surface area contributed by atoms with Crippen LogP contribution in [0.2, 0.25) is 0 Å². The molecule has 1 N–H and O–H groups in total. The molecule has 1 atom stereocenters. The fraction of sp³-hybridized carbons (Fsp3) is 0.417. The van der Waals surface area contributed by atoms with Gasteiger partial charge in [-0.05, 0) is 36.6 Å². The largest absolute Gasteiger partial charge is 0.465 e. The van der Waals surface area contributed by atoms with Crippen LogP contribution < -0.4 is 5.32 Å². The number of benzene rings is 1. The van der Waals surface area contributed by atoms with E-state index < -0.39 is 0 Å². The highest BCUT2D eigenvalue weighted by atomic mass is 16.5. The monoisotopic (exact) mass is 205 g/mol. The summed E-state index contributed by atoms with van der Waals surface area (Å²) in [6.07, 6.45) is 1.18. The summed E-state index contributed by atoms with van der Waals surface area (Å²) in [6, 6.07) is 7.70. The number of hydrogen-bond acceptors (Lipinski definition) is 3. The van der Waals surface area contributed by atoms with E-state index in [4.69, 9.17) is 0 Å². The van der Waals surface area contributed by atoms with E-state index in [2.05, 4.69) is 10.1 Å². The lowest BCUT2D eigenvalue weighted by molar-refractivity contribution is 0.0600. The maximum absolute atomic E-state index is 11.2. The van der Waals surface area contributed by atoms with Crippen LogP contribution in [0.15, 0.2) is 24.3 Å². The van der Waals surface area contributed by atoms with E-state index in [9.17, 15) is 4.79 Å². The molecule has 0 aliphatic carbocycles. The highest BCUT2D eigenvalue weighted by molar-refractivity contribution is 5.89. The number of ether oxygens (including phenoxy) is 1. The lowest BCUT2D eigenvalue weighted by Gasteiger charge is -2.08. The fourth-order valence-corrected chi connectivity index (χ4v) is 1.95. The molecular formula is C12H15NO2. The Hall–Kier alpha value is -1.35. The Bertz CT molecular complexity index is 339. The van der Waals surface area contributed by atoms with E-state index in [0.29, 0.717) is 11.5 Å². The summed E-state index contributed by atoms with van der Waals surface area (Å²) >= 11 is 0. The molecule has 2 rings (SSSR count). The van der Waals surface area contributed by atoms with Crippen molar-refractivity contribution in [1.82, 2.24) is 5.32 Å². The number of methoxy groups -OCH3 is 1. The molecule has 80 valence electrons. The van der Waals surface area contributed by atoms with E-state index in [-0.39, 0.29) is 5.97 Å². The van der Waals surface area contributed by atoms with Crippen molar-refractivity contribution >= 4 is 5.97 Å². The van der Waals surface area contributed by atoms with Gasteiger partial charge in [0.1, 0.15) is 0 Å². The lowest BCUT2D eigenvalue weighted by Crippen LogP contribution is -2.08. The topological polar surface area (TPSA) is 38.3 Å². The summed E-state index contributed by atoms with van der Waals surface area (Å²) in [7, 11) is 1.40. The first-order chi connectivity index (χ1) is 7.31. The minimum Gasteiger partial charge on any atom is -0.465 e. The van der Waals surface area contributed by atoms with Crippen molar-refractivity contribution in [3.05, 3.63) is 35.4 Å². The standard InChI is InChI=1S/C12H15NO2/c1-15-12(14)10-4-2-9(3-5-10)11-6-7-13-8-11/h2-5,11,13H,6-8H2,1H3/t11-/m1/s1. The molecule has 1 aliphatic heterocycles. The minimum absolute atomic E-state index is 0.272. The van der Waals surface area contributed by atoms with Gasteiger partial charge < -0.3 is 10.1 Å². The van der Waals surface area contributed by atoms with Crippen molar-refractivity contribution in [2.24, 2.45) is 0 Å². The number of carbonyl (C=O) groups is 1. The van der Waals surface area contributed by atoms with Crippen LogP contribution in [0.25, 0.3) is 0 Å². The maximum Gasteiger partial charge on any atom is 0.337 e. The van der Waals surface area contributed by atoms with Crippen molar-refractivity contribution in [2.45, 2.75) is 12.3 Å². The third kappa shape index (κ3) is 2.18. The third-order valence-corrected chi connectivity index (χ3v) is 2.86. The van der Waals surface area contributed by atoms with Crippen molar-refractivity contribution in [2.75, 3.05) is 20.2 Å². The first-order valence-electron chi connectivity index (χ1n) is 5.20. The highest BCUT2D eigenvalue weighted by Gasteiger charge is 2.16. The average Bonchev–Trinajstić information content (AvgIpc) is 2.82. The Morgan fingerprint density at radius 3 is 2.67 bits per heavy atom. The summed E-state index contributed by atoms with van der Waals surface area (Å²) in [6.45, 7) is 2.13. The van der Waals surface area contributed by atoms with Crippen molar-refractivity contribution < 1.29 is 9.53 Å². The van der Waals surface area contributed by atoms with Gasteiger partial charge in [0.25, 0.3) is 0 Å². The molecule has 1 aromatic rings. The summed E-state index contributed by atoms with van der Waals surface area (Å²) in [5, 5.41) is 3.33. The van der Waals surface area contributed by atoms with E-state index in [1.54, 1.807) is 0 Å². The van der Waals surface area contributed by atoms with Crippen molar-refractivity contribution in [3.63, 3.8) is 0 Å². The third-order valence-electron chi connectivity index (χ3n) is 2.86. The van der Waals surface area contributed by atoms with Crippen LogP contribution in [-0.2, 0) is 4.74 Å². The molecule has 0 radical (unpaired) electrons. The van der Waals surface area contributed by atoms with E-state index in [0.717, 1.165) is 13.1 Å². The van der Waals surface area contributed by atoms with Gasteiger partial charge in [0.2, 0.25) is 0 Å². The number of esters is 1. The molecule has 1 saturated heterocycles. The van der Waals surface area contributed by atoms with Gasteiger partial charge in [-0.3, -0.25) is 0 Å². The van der Waals surface area contributed by atoms with Gasteiger partial charge in [0, 0.05) is 6.54 Å². The summed E-state index contributed by atoms with van der Waals surface area (Å²) < 4.78 is 4.65. The van der Waals surface area contributed by atoms with Gasteiger partial charge in [0.15, 0.2) is 0 Å². The first-order valence-corrected chi connectivity index (χ1v) is 5.20. The molecule has 1 aliphatic rings. The van der Waals surface area contributed by atoms with Gasteiger partial charge >= 0.3 is 5.97 Å². The SMILES string of the molecule is COC(=O)c1ccc([C@@H]2CCNC2)cc1. The van der Waals surface area contributed by atoms with Crippen LogP contribution in [0, 0.1) is 0 Å². The van der Waals surface area contributed by atoms with Crippen LogP contribution >= 0.6 is 0 Å². The second-order valence-electron chi connectivity index (χ2n) is 3.80. The quantitative estimate of drug-likeness (QED) is 0.744. The first kappa shape index (κ1) is 10.2. The fourth-order valence-electron chi connectivity index (χ4n) is 1.95. The maximum atomic E-state index is 11.2. The summed E-state index contributed by atoms with van der Waals surface area (Å²) in [4.78, 5) is 11.2. The smallest absolute Gasteiger partial charge is 0.337 e. The molecule has 0 saturated carbocycles. The zero-order valence-corrected chi connectivity index (χ0v) is 8.82. The van der Waals surface area contributed by atoms with Crippen LogP contribution in [-0.4, -0.2) is 26.2 Å². The zero-order valence-electron chi connectivity index (χ0n) is 8.82.